The lowest BCUT2D eigenvalue weighted by molar-refractivity contribution is -0.138. The van der Waals surface area contributed by atoms with Crippen LogP contribution in [0.5, 0.6) is 0 Å². The molecule has 1 saturated carbocycles. The number of nitrogens with zero attached hydrogens (tertiary/aromatic N) is 1. The Morgan fingerprint density at radius 1 is 1.33 bits per heavy atom. The number of carbonyl (C=O) groups is 2. The van der Waals surface area contributed by atoms with Crippen molar-refractivity contribution in [1.82, 2.24) is 10.3 Å². The fourth-order valence-corrected chi connectivity index (χ4v) is 2.49. The molecule has 1 aromatic heterocycles. The number of hydrogen-bond acceptors (Lipinski definition) is 3. The normalized spacial score (nSPS) is 17.3. The number of aliphatic carboxylic acids is 1. The molecule has 0 aromatic carbocycles. The third-order valence-electron chi connectivity index (χ3n) is 3.33. The van der Waals surface area contributed by atoms with E-state index in [1.54, 1.807) is 24.4 Å². The molecule has 0 radical (unpaired) electrons. The summed E-state index contributed by atoms with van der Waals surface area (Å²) >= 11 is 0. The Hall–Kier alpha value is -1.91. The zero-order valence-corrected chi connectivity index (χ0v) is 10.1. The van der Waals surface area contributed by atoms with Gasteiger partial charge in [0.1, 0.15) is 5.69 Å². The lowest BCUT2D eigenvalue weighted by atomic mass is 9.93. The Morgan fingerprint density at radius 2 is 2.06 bits per heavy atom. The van der Waals surface area contributed by atoms with E-state index in [0.29, 0.717) is 5.69 Å². The van der Waals surface area contributed by atoms with Gasteiger partial charge in [-0.1, -0.05) is 18.9 Å². The molecule has 96 valence electrons. The molecule has 18 heavy (non-hydrogen) atoms. The second-order valence-electron chi connectivity index (χ2n) is 4.73. The van der Waals surface area contributed by atoms with Gasteiger partial charge in [-0.15, -0.1) is 0 Å². The zero-order chi connectivity index (χ0) is 13.0. The van der Waals surface area contributed by atoms with E-state index in [0.717, 1.165) is 25.7 Å². The standard InChI is InChI=1S/C13H16N2O3/c16-11(17)9-13(6-2-3-7-13)15-12(18)10-5-1-4-8-14-10/h1,4-5,8H,2-3,6-7,9H2,(H,15,18)(H,16,17). The van der Waals surface area contributed by atoms with Gasteiger partial charge in [0, 0.05) is 6.20 Å². The summed E-state index contributed by atoms with van der Waals surface area (Å²) in [5.41, 5.74) is -0.269. The highest BCUT2D eigenvalue weighted by Crippen LogP contribution is 2.32. The van der Waals surface area contributed by atoms with Gasteiger partial charge in [-0.2, -0.15) is 0 Å². The Bertz CT molecular complexity index is 439. The van der Waals surface area contributed by atoms with Crippen molar-refractivity contribution in [3.8, 4) is 0 Å². The lowest BCUT2D eigenvalue weighted by Gasteiger charge is -2.28. The predicted octanol–water partition coefficient (Wildman–Crippen LogP) is 1.60. The third kappa shape index (κ3) is 2.85. The molecule has 2 N–H and O–H groups in total. The summed E-state index contributed by atoms with van der Waals surface area (Å²) in [5.74, 6) is -1.17. The number of hydrogen-bond donors (Lipinski definition) is 2. The van der Waals surface area contributed by atoms with Crippen LogP contribution >= 0.6 is 0 Å². The molecule has 5 nitrogen and oxygen atoms in total. The maximum atomic E-state index is 12.0. The van der Waals surface area contributed by atoms with Crippen molar-refractivity contribution in [3.05, 3.63) is 30.1 Å². The Balaban J connectivity index is 2.10. The Kier molecular flexibility index (Phi) is 3.60. The highest BCUT2D eigenvalue weighted by atomic mass is 16.4. The molecule has 5 heteroatoms. The zero-order valence-electron chi connectivity index (χ0n) is 10.1. The third-order valence-corrected chi connectivity index (χ3v) is 3.33. The topological polar surface area (TPSA) is 79.3 Å². The van der Waals surface area contributed by atoms with Crippen molar-refractivity contribution in [3.63, 3.8) is 0 Å². The van der Waals surface area contributed by atoms with Gasteiger partial charge in [0.15, 0.2) is 0 Å². The number of rotatable bonds is 4. The van der Waals surface area contributed by atoms with Crippen LogP contribution in [0.15, 0.2) is 24.4 Å². The van der Waals surface area contributed by atoms with Gasteiger partial charge in [0.2, 0.25) is 0 Å². The van der Waals surface area contributed by atoms with Gasteiger partial charge in [0.05, 0.1) is 12.0 Å². The first-order valence-corrected chi connectivity index (χ1v) is 6.07. The van der Waals surface area contributed by atoms with Crippen LogP contribution in [0.2, 0.25) is 0 Å². The summed E-state index contributed by atoms with van der Waals surface area (Å²) in [6, 6.07) is 5.10. The van der Waals surface area contributed by atoms with E-state index in [9.17, 15) is 9.59 Å². The number of amides is 1. The van der Waals surface area contributed by atoms with Gasteiger partial charge >= 0.3 is 5.97 Å². The van der Waals surface area contributed by atoms with Gasteiger partial charge in [0.25, 0.3) is 5.91 Å². The van der Waals surface area contributed by atoms with Crippen LogP contribution in [-0.4, -0.2) is 27.5 Å². The summed E-state index contributed by atoms with van der Waals surface area (Å²) in [6.45, 7) is 0. The largest absolute Gasteiger partial charge is 0.481 e. The molecule has 1 aliphatic carbocycles. The van der Waals surface area contributed by atoms with E-state index in [1.165, 1.54) is 0 Å². The van der Waals surface area contributed by atoms with Crippen molar-refractivity contribution in [2.24, 2.45) is 0 Å². The number of pyridine rings is 1. The second-order valence-corrected chi connectivity index (χ2v) is 4.73. The molecular formula is C13H16N2O3. The van der Waals surface area contributed by atoms with E-state index in [4.69, 9.17) is 5.11 Å². The van der Waals surface area contributed by atoms with Gasteiger partial charge in [-0.25, -0.2) is 0 Å². The first-order valence-electron chi connectivity index (χ1n) is 6.07. The molecular weight excluding hydrogens is 232 g/mol. The van der Waals surface area contributed by atoms with Crippen molar-refractivity contribution in [2.75, 3.05) is 0 Å². The lowest BCUT2D eigenvalue weighted by Crippen LogP contribution is -2.48. The summed E-state index contributed by atoms with van der Waals surface area (Å²) in [6.07, 6.45) is 4.88. The first kappa shape index (κ1) is 12.5. The van der Waals surface area contributed by atoms with Crippen molar-refractivity contribution < 1.29 is 14.7 Å². The Morgan fingerprint density at radius 3 is 2.61 bits per heavy atom. The molecule has 0 aliphatic heterocycles. The van der Waals surface area contributed by atoms with Crippen LogP contribution in [0.4, 0.5) is 0 Å². The molecule has 1 heterocycles. The highest BCUT2D eigenvalue weighted by Gasteiger charge is 2.37. The average Bonchev–Trinajstić information content (AvgIpc) is 2.77. The minimum absolute atomic E-state index is 0.0222. The van der Waals surface area contributed by atoms with Crippen molar-refractivity contribution in [2.45, 2.75) is 37.6 Å². The fourth-order valence-electron chi connectivity index (χ4n) is 2.49. The molecule has 0 spiro atoms. The minimum Gasteiger partial charge on any atom is -0.481 e. The van der Waals surface area contributed by atoms with Crippen LogP contribution in [-0.2, 0) is 4.79 Å². The quantitative estimate of drug-likeness (QED) is 0.848. The molecule has 0 bridgehead atoms. The molecule has 1 amide bonds. The minimum atomic E-state index is -0.877. The fraction of sp³-hybridized carbons (Fsp3) is 0.462. The number of carboxylic acids is 1. The molecule has 0 atom stereocenters. The molecule has 0 saturated heterocycles. The summed E-state index contributed by atoms with van der Waals surface area (Å²) < 4.78 is 0. The maximum absolute atomic E-state index is 12.0. The van der Waals surface area contributed by atoms with Gasteiger partial charge in [-0.3, -0.25) is 14.6 Å². The first-order chi connectivity index (χ1) is 8.61. The smallest absolute Gasteiger partial charge is 0.305 e. The van der Waals surface area contributed by atoms with E-state index in [2.05, 4.69) is 10.3 Å². The number of aromatic nitrogens is 1. The van der Waals surface area contributed by atoms with Crippen LogP contribution in [0.3, 0.4) is 0 Å². The second kappa shape index (κ2) is 5.16. The molecule has 1 fully saturated rings. The monoisotopic (exact) mass is 248 g/mol. The SMILES string of the molecule is O=C(O)CC1(NC(=O)c2ccccn2)CCCC1. The van der Waals surface area contributed by atoms with E-state index in [1.807, 2.05) is 0 Å². The Labute approximate surface area is 105 Å². The molecule has 2 rings (SSSR count). The molecule has 0 unspecified atom stereocenters. The number of carbonyl (C=O) groups excluding carboxylic acids is 1. The van der Waals surface area contributed by atoms with Gasteiger partial charge < -0.3 is 10.4 Å². The molecule has 1 aliphatic rings. The van der Waals surface area contributed by atoms with Crippen LogP contribution in [0.1, 0.15) is 42.6 Å². The summed E-state index contributed by atoms with van der Waals surface area (Å²) in [5, 5.41) is 11.8. The van der Waals surface area contributed by atoms with Crippen molar-refractivity contribution in [1.29, 1.82) is 0 Å². The summed E-state index contributed by atoms with van der Waals surface area (Å²) in [7, 11) is 0. The van der Waals surface area contributed by atoms with E-state index < -0.39 is 11.5 Å². The predicted molar refractivity (Wildman–Crippen MR) is 65.2 cm³/mol. The van der Waals surface area contributed by atoms with E-state index >= 15 is 0 Å². The van der Waals surface area contributed by atoms with E-state index in [-0.39, 0.29) is 12.3 Å². The van der Waals surface area contributed by atoms with Crippen LogP contribution in [0, 0.1) is 0 Å². The average molecular weight is 248 g/mol. The summed E-state index contributed by atoms with van der Waals surface area (Å²) in [4.78, 5) is 26.9. The van der Waals surface area contributed by atoms with Crippen molar-refractivity contribution >= 4 is 11.9 Å². The number of carboxylic acid groups (broad SMARTS) is 1. The maximum Gasteiger partial charge on any atom is 0.305 e. The number of nitrogens with one attached hydrogen (secondary N) is 1. The van der Waals surface area contributed by atoms with Crippen LogP contribution in [0.25, 0.3) is 0 Å². The highest BCUT2D eigenvalue weighted by molar-refractivity contribution is 5.93. The van der Waals surface area contributed by atoms with Gasteiger partial charge in [-0.05, 0) is 25.0 Å². The van der Waals surface area contributed by atoms with Crippen LogP contribution < -0.4 is 5.32 Å². The molecule has 1 aromatic rings.